The lowest BCUT2D eigenvalue weighted by molar-refractivity contribution is 0.414. The highest BCUT2D eigenvalue weighted by Gasteiger charge is 2.33. The van der Waals surface area contributed by atoms with Gasteiger partial charge in [-0.15, -0.1) is 5.11 Å². The number of aromatic nitrogens is 1. The molecule has 2 aliphatic rings. The van der Waals surface area contributed by atoms with Crippen LogP contribution in [0.3, 0.4) is 0 Å². The Morgan fingerprint density at radius 3 is 2.55 bits per heavy atom. The van der Waals surface area contributed by atoms with E-state index in [1.54, 1.807) is 6.07 Å². The second-order valence-electron chi connectivity index (χ2n) is 7.40. The number of piperazine rings is 1. The Labute approximate surface area is 190 Å². The van der Waals surface area contributed by atoms with Gasteiger partial charge in [0, 0.05) is 44.0 Å². The molecule has 1 atom stereocenters. The SMILES string of the molecule is Nc1ccc(-c2ccc(S(=O)(=O)NC[C@@H]3CNCCN3)c(S(N)(=O)=O)c2C2=NCN=N2)cn1. The van der Waals surface area contributed by atoms with E-state index in [2.05, 4.69) is 35.6 Å². The van der Waals surface area contributed by atoms with Gasteiger partial charge < -0.3 is 16.4 Å². The number of hydrogen-bond acceptors (Lipinski definition) is 11. The van der Waals surface area contributed by atoms with Gasteiger partial charge >= 0.3 is 0 Å². The number of hydrogen-bond donors (Lipinski definition) is 5. The van der Waals surface area contributed by atoms with Crippen LogP contribution in [0.5, 0.6) is 0 Å². The smallest absolute Gasteiger partial charge is 0.241 e. The average Bonchev–Trinajstić information content (AvgIpc) is 3.32. The van der Waals surface area contributed by atoms with Crippen molar-refractivity contribution in [2.75, 3.05) is 38.6 Å². The van der Waals surface area contributed by atoms with E-state index in [-0.39, 0.29) is 36.5 Å². The number of nitrogens with two attached hydrogens (primary N) is 2. The van der Waals surface area contributed by atoms with Crippen LogP contribution in [-0.4, -0.2) is 66.5 Å². The zero-order valence-corrected chi connectivity index (χ0v) is 19.0. The fourth-order valence-corrected chi connectivity index (χ4v) is 6.27. The summed E-state index contributed by atoms with van der Waals surface area (Å²) in [5.41, 5.74) is 6.39. The molecule has 13 nitrogen and oxygen atoms in total. The topological polar surface area (TPSA) is 206 Å². The number of amidine groups is 1. The number of rotatable bonds is 7. The van der Waals surface area contributed by atoms with E-state index in [1.807, 2.05) is 0 Å². The molecule has 0 unspecified atom stereocenters. The third kappa shape index (κ3) is 5.07. The van der Waals surface area contributed by atoms with Gasteiger partial charge in [0.2, 0.25) is 20.0 Å². The number of benzene rings is 1. The molecular weight excluding hydrogens is 470 g/mol. The molecule has 1 aromatic heterocycles. The third-order valence-corrected chi connectivity index (χ3v) is 7.70. The Morgan fingerprint density at radius 1 is 1.12 bits per heavy atom. The van der Waals surface area contributed by atoms with Crippen molar-refractivity contribution in [3.63, 3.8) is 0 Å². The Kier molecular flexibility index (Phi) is 6.51. The number of primary sulfonamides is 1. The number of azo groups is 1. The van der Waals surface area contributed by atoms with E-state index in [0.717, 1.165) is 6.54 Å². The second-order valence-corrected chi connectivity index (χ2v) is 10.6. The maximum absolute atomic E-state index is 13.2. The van der Waals surface area contributed by atoms with Crippen molar-refractivity contribution in [1.29, 1.82) is 0 Å². The summed E-state index contributed by atoms with van der Waals surface area (Å²) < 4.78 is 54.3. The van der Waals surface area contributed by atoms with Crippen LogP contribution in [0.2, 0.25) is 0 Å². The standard InChI is InChI=1S/C18H23N9O4S2/c19-15-4-1-11(7-23-15)13-2-3-14(33(30,31)26-9-12-8-21-5-6-22-12)17(32(20,28)29)16(13)18-24-10-25-27-18/h1-4,7,12,21-22,26H,5-6,8-10H2,(H2,19,23)(H2,20,28,29)/t12-/m0/s1. The zero-order valence-electron chi connectivity index (χ0n) is 17.4. The summed E-state index contributed by atoms with van der Waals surface area (Å²) in [4.78, 5) is 7.03. The molecule has 15 heteroatoms. The number of aliphatic imine (C=N–C) groups is 1. The highest BCUT2D eigenvalue weighted by atomic mass is 32.2. The number of sulfonamides is 2. The predicted molar refractivity (Wildman–Crippen MR) is 122 cm³/mol. The van der Waals surface area contributed by atoms with E-state index in [4.69, 9.17) is 10.9 Å². The summed E-state index contributed by atoms with van der Waals surface area (Å²) in [7, 11) is -8.81. The number of pyridine rings is 1. The van der Waals surface area contributed by atoms with Crippen molar-refractivity contribution in [1.82, 2.24) is 20.3 Å². The Hall–Kier alpha value is -2.82. The van der Waals surface area contributed by atoms with Gasteiger partial charge in [-0.05, 0) is 23.8 Å². The molecule has 176 valence electrons. The first kappa shape index (κ1) is 23.3. The fourth-order valence-electron chi connectivity index (χ4n) is 3.59. The maximum atomic E-state index is 13.2. The first-order valence-electron chi connectivity index (χ1n) is 9.94. The van der Waals surface area contributed by atoms with E-state index in [0.29, 0.717) is 24.2 Å². The van der Waals surface area contributed by atoms with Gasteiger partial charge in [0.1, 0.15) is 15.6 Å². The number of nitrogens with zero attached hydrogens (tertiary/aromatic N) is 4. The summed E-state index contributed by atoms with van der Waals surface area (Å²) in [5.74, 6) is 0.222. The molecule has 0 bridgehead atoms. The average molecular weight is 494 g/mol. The highest BCUT2D eigenvalue weighted by molar-refractivity contribution is 7.92. The first-order valence-corrected chi connectivity index (χ1v) is 13.0. The molecule has 4 rings (SSSR count). The monoisotopic (exact) mass is 493 g/mol. The number of nitrogen functional groups attached to an aromatic ring is 1. The van der Waals surface area contributed by atoms with Gasteiger partial charge in [-0.3, -0.25) is 0 Å². The normalized spacial score (nSPS) is 18.9. The summed E-state index contributed by atoms with van der Waals surface area (Å²) in [5, 5.41) is 19.5. The third-order valence-electron chi connectivity index (χ3n) is 5.11. The molecule has 7 N–H and O–H groups in total. The maximum Gasteiger partial charge on any atom is 0.241 e. The predicted octanol–water partition coefficient (Wildman–Crippen LogP) is -1.01. The highest BCUT2D eigenvalue weighted by Crippen LogP contribution is 2.34. The largest absolute Gasteiger partial charge is 0.384 e. The van der Waals surface area contributed by atoms with Crippen molar-refractivity contribution in [3.05, 3.63) is 36.0 Å². The van der Waals surface area contributed by atoms with Gasteiger partial charge in [-0.25, -0.2) is 36.7 Å². The van der Waals surface area contributed by atoms with Crippen molar-refractivity contribution >= 4 is 31.7 Å². The molecule has 1 saturated heterocycles. The zero-order chi connectivity index (χ0) is 23.6. The molecule has 1 fully saturated rings. The first-order chi connectivity index (χ1) is 15.7. The molecule has 33 heavy (non-hydrogen) atoms. The Balaban J connectivity index is 1.87. The molecule has 0 aliphatic carbocycles. The van der Waals surface area contributed by atoms with E-state index in [1.165, 1.54) is 24.4 Å². The van der Waals surface area contributed by atoms with Crippen molar-refractivity contribution < 1.29 is 16.8 Å². The van der Waals surface area contributed by atoms with Gasteiger partial charge in [-0.2, -0.15) is 5.11 Å². The summed E-state index contributed by atoms with van der Waals surface area (Å²) in [6, 6.07) is 5.65. The minimum absolute atomic E-state index is 0.0194. The van der Waals surface area contributed by atoms with Crippen LogP contribution in [0, 0.1) is 0 Å². The number of anilines is 1. The van der Waals surface area contributed by atoms with E-state index >= 15 is 0 Å². The Morgan fingerprint density at radius 2 is 1.94 bits per heavy atom. The summed E-state index contributed by atoms with van der Waals surface area (Å²) in [6.07, 6.45) is 1.43. The quantitative estimate of drug-likeness (QED) is 0.322. The van der Waals surface area contributed by atoms with Gasteiger partial charge in [-0.1, -0.05) is 6.07 Å². The van der Waals surface area contributed by atoms with Gasteiger partial charge in [0.05, 0.1) is 5.56 Å². The lowest BCUT2D eigenvalue weighted by atomic mass is 10.00. The summed E-state index contributed by atoms with van der Waals surface area (Å²) >= 11 is 0. The van der Waals surface area contributed by atoms with Crippen LogP contribution in [0.1, 0.15) is 5.56 Å². The van der Waals surface area contributed by atoms with Crippen molar-refractivity contribution in [2.24, 2.45) is 20.4 Å². The van der Waals surface area contributed by atoms with Crippen LogP contribution in [-0.2, 0) is 20.0 Å². The van der Waals surface area contributed by atoms with Crippen molar-refractivity contribution in [3.8, 4) is 11.1 Å². The minimum Gasteiger partial charge on any atom is -0.384 e. The van der Waals surface area contributed by atoms with Crippen LogP contribution < -0.4 is 26.2 Å². The molecule has 0 amide bonds. The molecule has 0 radical (unpaired) electrons. The van der Waals surface area contributed by atoms with Crippen LogP contribution in [0.4, 0.5) is 5.82 Å². The molecule has 2 aliphatic heterocycles. The van der Waals surface area contributed by atoms with Crippen LogP contribution >= 0.6 is 0 Å². The van der Waals surface area contributed by atoms with E-state index < -0.39 is 29.8 Å². The van der Waals surface area contributed by atoms with Crippen LogP contribution in [0.15, 0.2) is 55.5 Å². The number of nitrogens with one attached hydrogen (secondary N) is 3. The molecular formula is C18H23N9O4S2. The molecule has 1 aromatic carbocycles. The lowest BCUT2D eigenvalue weighted by Gasteiger charge is -2.25. The van der Waals surface area contributed by atoms with Gasteiger partial charge in [0.15, 0.2) is 12.5 Å². The molecule has 3 heterocycles. The van der Waals surface area contributed by atoms with E-state index in [9.17, 15) is 16.8 Å². The lowest BCUT2D eigenvalue weighted by Crippen LogP contribution is -2.53. The van der Waals surface area contributed by atoms with Gasteiger partial charge in [0.25, 0.3) is 0 Å². The molecule has 2 aromatic rings. The fraction of sp³-hybridized carbons (Fsp3) is 0.333. The summed E-state index contributed by atoms with van der Waals surface area (Å²) in [6.45, 7) is 2.07. The molecule has 0 spiro atoms. The van der Waals surface area contributed by atoms with Crippen molar-refractivity contribution in [2.45, 2.75) is 15.8 Å². The second kappa shape index (κ2) is 9.20. The Bertz CT molecular complexity index is 1320. The molecule has 0 saturated carbocycles. The minimum atomic E-state index is -4.54. The van der Waals surface area contributed by atoms with Crippen LogP contribution in [0.25, 0.3) is 11.1 Å².